The summed E-state index contributed by atoms with van der Waals surface area (Å²) in [5.41, 5.74) is 0. The van der Waals surface area contributed by atoms with Crippen LogP contribution in [0.15, 0.2) is 24.3 Å². The Bertz CT molecular complexity index is 312. The number of carboxylic acids is 1. The lowest BCUT2D eigenvalue weighted by Crippen LogP contribution is -2.02. The summed E-state index contributed by atoms with van der Waals surface area (Å²) in [5.74, 6) is 0.217. The molecule has 0 saturated heterocycles. The van der Waals surface area contributed by atoms with Crippen molar-refractivity contribution in [1.82, 2.24) is 0 Å². The number of hydrogen-bond donors (Lipinski definition) is 1. The molecule has 1 aliphatic rings. The first kappa shape index (κ1) is 21.9. The first-order valence-electron chi connectivity index (χ1n) is 9.70. The summed E-state index contributed by atoms with van der Waals surface area (Å²) < 4.78 is 0. The van der Waals surface area contributed by atoms with Gasteiger partial charge < -0.3 is 5.11 Å². The smallest absolute Gasteiger partial charge is 0.303 e. The van der Waals surface area contributed by atoms with Gasteiger partial charge in [-0.1, -0.05) is 69.8 Å². The minimum Gasteiger partial charge on any atom is -0.481 e. The fourth-order valence-corrected chi connectivity index (χ4v) is 2.84. The highest BCUT2D eigenvalue weighted by Crippen LogP contribution is 2.24. The molecule has 1 aliphatic carbocycles. The highest BCUT2D eigenvalue weighted by atomic mass is 16.4. The Morgan fingerprint density at radius 2 is 1.70 bits per heavy atom. The van der Waals surface area contributed by atoms with Gasteiger partial charge in [-0.05, 0) is 51.4 Å². The SMILES string of the molecule is C/C=C\CCCC(=O)O.CCCCCC/C=C/C1CCCCC1. The molecule has 0 atom stereocenters. The third kappa shape index (κ3) is 17.1. The standard InChI is InChI=1S/C14H26.C7H12O2/c1-2-3-4-5-6-8-11-14-12-9-7-10-13-14;1-2-3-4-5-6-7(8)9/h8,11,14H,2-7,9-10,12-13H2,1H3;2-3H,4-6H2,1H3,(H,8,9)/b11-8+;3-2-. The van der Waals surface area contributed by atoms with E-state index >= 15 is 0 Å². The number of unbranched alkanes of at least 4 members (excludes halogenated alkanes) is 5. The van der Waals surface area contributed by atoms with Gasteiger partial charge in [-0.15, -0.1) is 0 Å². The fraction of sp³-hybridized carbons (Fsp3) is 0.762. The van der Waals surface area contributed by atoms with Gasteiger partial charge in [0.05, 0.1) is 0 Å². The zero-order valence-corrected chi connectivity index (χ0v) is 15.4. The first-order chi connectivity index (χ1) is 11.2. The van der Waals surface area contributed by atoms with E-state index in [4.69, 9.17) is 5.11 Å². The lowest BCUT2D eigenvalue weighted by molar-refractivity contribution is -0.137. The molecule has 0 unspecified atom stereocenters. The largest absolute Gasteiger partial charge is 0.481 e. The number of allylic oxidation sites excluding steroid dienone is 4. The highest BCUT2D eigenvalue weighted by Gasteiger charge is 2.08. The summed E-state index contributed by atoms with van der Waals surface area (Å²) in [6.45, 7) is 4.21. The van der Waals surface area contributed by atoms with Crippen LogP contribution < -0.4 is 0 Å². The van der Waals surface area contributed by atoms with Gasteiger partial charge in [0.1, 0.15) is 0 Å². The van der Waals surface area contributed by atoms with E-state index in [2.05, 4.69) is 19.1 Å². The predicted octanol–water partition coefficient (Wildman–Crippen LogP) is 6.91. The third-order valence-electron chi connectivity index (χ3n) is 4.28. The summed E-state index contributed by atoms with van der Waals surface area (Å²) in [6, 6.07) is 0. The topological polar surface area (TPSA) is 37.3 Å². The van der Waals surface area contributed by atoms with Crippen molar-refractivity contribution < 1.29 is 9.90 Å². The van der Waals surface area contributed by atoms with Gasteiger partial charge >= 0.3 is 5.97 Å². The second-order valence-electron chi connectivity index (χ2n) is 6.53. The number of carbonyl (C=O) groups is 1. The number of rotatable bonds is 10. The summed E-state index contributed by atoms with van der Waals surface area (Å²) in [5, 5.41) is 8.19. The fourth-order valence-electron chi connectivity index (χ4n) is 2.84. The van der Waals surface area contributed by atoms with Crippen LogP contribution in [0.2, 0.25) is 0 Å². The van der Waals surface area contributed by atoms with E-state index in [-0.39, 0.29) is 6.42 Å². The predicted molar refractivity (Wildman–Crippen MR) is 101 cm³/mol. The number of hydrogen-bond acceptors (Lipinski definition) is 1. The van der Waals surface area contributed by atoms with Crippen molar-refractivity contribution in [2.45, 2.75) is 97.3 Å². The van der Waals surface area contributed by atoms with E-state index in [9.17, 15) is 4.79 Å². The lowest BCUT2D eigenvalue weighted by Gasteiger charge is -2.17. The number of aliphatic carboxylic acids is 1. The molecule has 0 aromatic heterocycles. The van der Waals surface area contributed by atoms with E-state index in [1.165, 1.54) is 64.2 Å². The van der Waals surface area contributed by atoms with Crippen molar-refractivity contribution in [2.24, 2.45) is 5.92 Å². The molecule has 2 heteroatoms. The average molecular weight is 323 g/mol. The second kappa shape index (κ2) is 17.3. The highest BCUT2D eigenvalue weighted by molar-refractivity contribution is 5.66. The molecule has 0 aliphatic heterocycles. The molecule has 0 aromatic rings. The van der Waals surface area contributed by atoms with Crippen LogP contribution in [0.1, 0.15) is 97.3 Å². The van der Waals surface area contributed by atoms with Crippen LogP contribution in [-0.4, -0.2) is 11.1 Å². The maximum Gasteiger partial charge on any atom is 0.303 e. The van der Waals surface area contributed by atoms with Gasteiger partial charge in [-0.3, -0.25) is 4.79 Å². The quantitative estimate of drug-likeness (QED) is 0.350. The van der Waals surface area contributed by atoms with Crippen molar-refractivity contribution in [1.29, 1.82) is 0 Å². The first-order valence-corrected chi connectivity index (χ1v) is 9.70. The van der Waals surface area contributed by atoms with Gasteiger partial charge in [0.25, 0.3) is 0 Å². The Kier molecular flexibility index (Phi) is 16.5. The molecule has 2 nitrogen and oxygen atoms in total. The van der Waals surface area contributed by atoms with Crippen molar-refractivity contribution in [3.05, 3.63) is 24.3 Å². The molecule has 0 amide bonds. The molecule has 134 valence electrons. The van der Waals surface area contributed by atoms with Crippen LogP contribution >= 0.6 is 0 Å². The minimum atomic E-state index is -0.709. The molecule has 1 fully saturated rings. The Morgan fingerprint density at radius 3 is 2.30 bits per heavy atom. The molecule has 0 radical (unpaired) electrons. The van der Waals surface area contributed by atoms with Crippen molar-refractivity contribution in [3.63, 3.8) is 0 Å². The van der Waals surface area contributed by atoms with E-state index in [1.807, 2.05) is 19.1 Å². The monoisotopic (exact) mass is 322 g/mol. The van der Waals surface area contributed by atoms with Crippen molar-refractivity contribution in [2.75, 3.05) is 0 Å². The van der Waals surface area contributed by atoms with Gasteiger partial charge in [0.15, 0.2) is 0 Å². The Balaban J connectivity index is 0.000000468. The van der Waals surface area contributed by atoms with Gasteiger partial charge in [-0.2, -0.15) is 0 Å². The van der Waals surface area contributed by atoms with Crippen LogP contribution in [0.4, 0.5) is 0 Å². The molecule has 23 heavy (non-hydrogen) atoms. The van der Waals surface area contributed by atoms with Crippen molar-refractivity contribution >= 4 is 5.97 Å². The Morgan fingerprint density at radius 1 is 1.00 bits per heavy atom. The zero-order chi connectivity index (χ0) is 17.2. The zero-order valence-electron chi connectivity index (χ0n) is 15.4. The van der Waals surface area contributed by atoms with Crippen LogP contribution in [0.3, 0.4) is 0 Å². The van der Waals surface area contributed by atoms with Crippen LogP contribution in [0, 0.1) is 5.92 Å². The van der Waals surface area contributed by atoms with Crippen molar-refractivity contribution in [3.8, 4) is 0 Å². The van der Waals surface area contributed by atoms with Crippen LogP contribution in [0.25, 0.3) is 0 Å². The maximum atomic E-state index is 9.94. The normalized spacial score (nSPS) is 15.7. The molecule has 0 aromatic carbocycles. The summed E-state index contributed by atoms with van der Waals surface area (Å²) in [6.07, 6.45) is 24.9. The maximum absolute atomic E-state index is 9.94. The average Bonchev–Trinajstić information content (AvgIpc) is 2.56. The molecule has 1 N–H and O–H groups in total. The second-order valence-corrected chi connectivity index (χ2v) is 6.53. The molecule has 1 saturated carbocycles. The van der Waals surface area contributed by atoms with E-state index in [1.54, 1.807) is 0 Å². The summed E-state index contributed by atoms with van der Waals surface area (Å²) in [7, 11) is 0. The van der Waals surface area contributed by atoms with Crippen LogP contribution in [-0.2, 0) is 4.79 Å². The summed E-state index contributed by atoms with van der Waals surface area (Å²) in [4.78, 5) is 9.94. The minimum absolute atomic E-state index is 0.282. The van der Waals surface area contributed by atoms with Gasteiger partial charge in [0, 0.05) is 6.42 Å². The van der Waals surface area contributed by atoms with Gasteiger partial charge in [-0.25, -0.2) is 0 Å². The molecular formula is C21H38O2. The van der Waals surface area contributed by atoms with Crippen LogP contribution in [0.5, 0.6) is 0 Å². The van der Waals surface area contributed by atoms with E-state index < -0.39 is 5.97 Å². The summed E-state index contributed by atoms with van der Waals surface area (Å²) >= 11 is 0. The van der Waals surface area contributed by atoms with Gasteiger partial charge in [0.2, 0.25) is 0 Å². The molecule has 0 spiro atoms. The molecule has 1 rings (SSSR count). The molecular weight excluding hydrogens is 284 g/mol. The Hall–Kier alpha value is -1.05. The van der Waals surface area contributed by atoms with E-state index in [0.717, 1.165) is 18.8 Å². The van der Waals surface area contributed by atoms with E-state index in [0.29, 0.717) is 0 Å². The molecule has 0 bridgehead atoms. The Labute approximate surface area is 144 Å². The molecule has 0 heterocycles. The number of carboxylic acid groups (broad SMARTS) is 1. The third-order valence-corrected chi connectivity index (χ3v) is 4.28. The lowest BCUT2D eigenvalue weighted by atomic mass is 9.89.